The van der Waals surface area contributed by atoms with Crippen LogP contribution < -0.4 is 0 Å². The molecule has 0 spiro atoms. The van der Waals surface area contributed by atoms with Crippen LogP contribution in [0.2, 0.25) is 0 Å². The maximum absolute atomic E-state index is 11.1. The lowest BCUT2D eigenvalue weighted by molar-refractivity contribution is -0.121. The molecule has 2 unspecified atom stereocenters. The van der Waals surface area contributed by atoms with Gasteiger partial charge in [0.2, 0.25) is 0 Å². The first kappa shape index (κ1) is 7.26. The van der Waals surface area contributed by atoms with Crippen molar-refractivity contribution < 1.29 is 4.79 Å². The van der Waals surface area contributed by atoms with Gasteiger partial charge in [-0.2, -0.15) is 0 Å². The zero-order chi connectivity index (χ0) is 7.07. The Morgan fingerprint density at radius 3 is 2.44 bits per heavy atom. The summed E-state index contributed by atoms with van der Waals surface area (Å²) in [4.78, 5) is 11.1. The van der Waals surface area contributed by atoms with Crippen molar-refractivity contribution in [3.05, 3.63) is 0 Å². The molecule has 2 atom stereocenters. The van der Waals surface area contributed by atoms with Crippen LogP contribution in [0.25, 0.3) is 0 Å². The largest absolute Gasteiger partial charge is 0.298 e. The van der Waals surface area contributed by atoms with Crippen molar-refractivity contribution in [2.45, 2.75) is 20.3 Å². The van der Waals surface area contributed by atoms with Crippen LogP contribution in [0.4, 0.5) is 0 Å². The molecule has 0 aliphatic heterocycles. The van der Waals surface area contributed by atoms with E-state index in [1.165, 1.54) is 0 Å². The number of ketones is 1. The Hall–Kier alpha value is 0.150. The number of alkyl halides is 1. The standard InChI is InChI=1S/C7H11BrO/c1-5-3-7(5,2)6(9)4-8/h5H,3-4H2,1-2H3. The van der Waals surface area contributed by atoms with Crippen LogP contribution in [0.3, 0.4) is 0 Å². The molecular formula is C7H11BrO. The van der Waals surface area contributed by atoms with Crippen LogP contribution >= 0.6 is 15.9 Å². The lowest BCUT2D eigenvalue weighted by Crippen LogP contribution is -2.14. The maximum atomic E-state index is 11.1. The summed E-state index contributed by atoms with van der Waals surface area (Å²) in [6, 6.07) is 0. The van der Waals surface area contributed by atoms with Gasteiger partial charge in [0.05, 0.1) is 5.33 Å². The predicted octanol–water partition coefficient (Wildman–Crippen LogP) is 2.00. The molecule has 1 aliphatic rings. The summed E-state index contributed by atoms with van der Waals surface area (Å²) in [5, 5.41) is 0.522. The van der Waals surface area contributed by atoms with Crippen molar-refractivity contribution in [1.82, 2.24) is 0 Å². The van der Waals surface area contributed by atoms with E-state index in [2.05, 4.69) is 22.9 Å². The lowest BCUT2D eigenvalue weighted by atomic mass is 10.0. The SMILES string of the molecule is CC1CC1(C)C(=O)CBr. The highest BCUT2D eigenvalue weighted by atomic mass is 79.9. The van der Waals surface area contributed by atoms with Gasteiger partial charge in [-0.25, -0.2) is 0 Å². The van der Waals surface area contributed by atoms with Gasteiger partial charge in [-0.1, -0.05) is 29.8 Å². The summed E-state index contributed by atoms with van der Waals surface area (Å²) in [5.41, 5.74) is 0.0313. The van der Waals surface area contributed by atoms with E-state index >= 15 is 0 Å². The van der Waals surface area contributed by atoms with Gasteiger partial charge in [-0.05, 0) is 12.3 Å². The van der Waals surface area contributed by atoms with Crippen molar-refractivity contribution in [2.24, 2.45) is 11.3 Å². The van der Waals surface area contributed by atoms with Crippen molar-refractivity contribution >= 4 is 21.7 Å². The molecule has 1 saturated carbocycles. The molecule has 0 radical (unpaired) electrons. The van der Waals surface area contributed by atoms with Gasteiger partial charge in [-0.3, -0.25) is 4.79 Å². The fourth-order valence-corrected chi connectivity index (χ4v) is 1.76. The fraction of sp³-hybridized carbons (Fsp3) is 0.857. The number of carbonyl (C=O) groups is 1. The van der Waals surface area contributed by atoms with Gasteiger partial charge in [0, 0.05) is 5.41 Å². The van der Waals surface area contributed by atoms with Crippen LogP contribution in [0, 0.1) is 11.3 Å². The summed E-state index contributed by atoms with van der Waals surface area (Å²) >= 11 is 3.17. The fourth-order valence-electron chi connectivity index (χ4n) is 1.12. The second-order valence-electron chi connectivity index (χ2n) is 3.08. The molecule has 1 fully saturated rings. The highest BCUT2D eigenvalue weighted by Gasteiger charge is 2.51. The lowest BCUT2D eigenvalue weighted by Gasteiger charge is -2.03. The van der Waals surface area contributed by atoms with Crippen LogP contribution in [-0.4, -0.2) is 11.1 Å². The molecule has 0 saturated heterocycles. The Bertz CT molecular complexity index is 144. The molecule has 1 aliphatic carbocycles. The molecule has 52 valence electrons. The molecule has 0 aromatic carbocycles. The third-order valence-corrected chi connectivity index (χ3v) is 2.93. The zero-order valence-electron chi connectivity index (χ0n) is 5.78. The minimum absolute atomic E-state index is 0.0313. The first-order valence-corrected chi connectivity index (χ1v) is 4.32. The van der Waals surface area contributed by atoms with E-state index in [9.17, 15) is 4.79 Å². The molecule has 1 rings (SSSR count). The molecule has 9 heavy (non-hydrogen) atoms. The summed E-state index contributed by atoms with van der Waals surface area (Å²) in [6.45, 7) is 4.17. The van der Waals surface area contributed by atoms with Gasteiger partial charge >= 0.3 is 0 Å². The Balaban J connectivity index is 2.53. The van der Waals surface area contributed by atoms with E-state index < -0.39 is 0 Å². The van der Waals surface area contributed by atoms with E-state index in [1.807, 2.05) is 6.92 Å². The van der Waals surface area contributed by atoms with Crippen molar-refractivity contribution in [3.8, 4) is 0 Å². The third-order valence-electron chi connectivity index (χ3n) is 2.42. The predicted molar refractivity (Wildman–Crippen MR) is 40.7 cm³/mol. The van der Waals surface area contributed by atoms with Gasteiger partial charge in [-0.15, -0.1) is 0 Å². The molecular weight excluding hydrogens is 180 g/mol. The van der Waals surface area contributed by atoms with E-state index in [4.69, 9.17) is 0 Å². The van der Waals surface area contributed by atoms with Crippen molar-refractivity contribution in [2.75, 3.05) is 5.33 Å². The Kier molecular flexibility index (Phi) is 1.68. The topological polar surface area (TPSA) is 17.1 Å². The molecule has 0 N–H and O–H groups in total. The highest BCUT2D eigenvalue weighted by Crippen LogP contribution is 2.52. The third kappa shape index (κ3) is 1.05. The Morgan fingerprint density at radius 2 is 2.33 bits per heavy atom. The van der Waals surface area contributed by atoms with Crippen molar-refractivity contribution in [3.63, 3.8) is 0 Å². The average Bonchev–Trinajstić information content (AvgIpc) is 2.41. The smallest absolute Gasteiger partial charge is 0.149 e. The van der Waals surface area contributed by atoms with Gasteiger partial charge in [0.25, 0.3) is 0 Å². The summed E-state index contributed by atoms with van der Waals surface area (Å²) < 4.78 is 0. The quantitative estimate of drug-likeness (QED) is 0.610. The Morgan fingerprint density at radius 1 is 1.89 bits per heavy atom. The van der Waals surface area contributed by atoms with Crippen LogP contribution in [-0.2, 0) is 4.79 Å². The normalized spacial score (nSPS) is 40.6. The molecule has 0 aromatic heterocycles. The van der Waals surface area contributed by atoms with E-state index in [0.29, 0.717) is 17.0 Å². The summed E-state index contributed by atoms with van der Waals surface area (Å²) in [7, 11) is 0. The summed E-state index contributed by atoms with van der Waals surface area (Å²) in [5.74, 6) is 0.970. The molecule has 0 aromatic rings. The second kappa shape index (κ2) is 2.08. The number of carbonyl (C=O) groups excluding carboxylic acids is 1. The van der Waals surface area contributed by atoms with Crippen LogP contribution in [0.15, 0.2) is 0 Å². The first-order valence-electron chi connectivity index (χ1n) is 3.20. The van der Waals surface area contributed by atoms with Crippen molar-refractivity contribution in [1.29, 1.82) is 0 Å². The van der Waals surface area contributed by atoms with E-state index in [-0.39, 0.29) is 5.41 Å². The van der Waals surface area contributed by atoms with Crippen LogP contribution in [0.5, 0.6) is 0 Å². The molecule has 0 bridgehead atoms. The number of hydrogen-bond acceptors (Lipinski definition) is 1. The Labute approximate surface area is 64.0 Å². The summed E-state index contributed by atoms with van der Waals surface area (Å²) in [6.07, 6.45) is 1.08. The van der Waals surface area contributed by atoms with Crippen LogP contribution in [0.1, 0.15) is 20.3 Å². The minimum atomic E-state index is 0.0313. The number of hydrogen-bond donors (Lipinski definition) is 0. The molecule has 0 heterocycles. The van der Waals surface area contributed by atoms with E-state index in [0.717, 1.165) is 6.42 Å². The van der Waals surface area contributed by atoms with Gasteiger partial charge in [0.1, 0.15) is 5.78 Å². The number of Topliss-reactive ketones (excluding diaryl/α,β-unsaturated/α-hetero) is 1. The van der Waals surface area contributed by atoms with Gasteiger partial charge < -0.3 is 0 Å². The second-order valence-corrected chi connectivity index (χ2v) is 3.64. The number of halogens is 1. The average molecular weight is 191 g/mol. The molecule has 2 heteroatoms. The minimum Gasteiger partial charge on any atom is -0.298 e. The zero-order valence-corrected chi connectivity index (χ0v) is 7.36. The first-order chi connectivity index (χ1) is 4.11. The molecule has 0 amide bonds. The van der Waals surface area contributed by atoms with Gasteiger partial charge in [0.15, 0.2) is 0 Å². The number of rotatable bonds is 2. The molecule has 1 nitrogen and oxygen atoms in total. The van der Waals surface area contributed by atoms with E-state index in [1.54, 1.807) is 0 Å². The maximum Gasteiger partial charge on any atom is 0.149 e. The monoisotopic (exact) mass is 190 g/mol. The highest BCUT2D eigenvalue weighted by molar-refractivity contribution is 9.09.